The predicted molar refractivity (Wildman–Crippen MR) is 87.4 cm³/mol. The molecule has 3 aromatic heterocycles. The van der Waals surface area contributed by atoms with E-state index in [1.54, 1.807) is 29.0 Å². The van der Waals surface area contributed by atoms with Gasteiger partial charge in [-0.3, -0.25) is 19.3 Å². The van der Waals surface area contributed by atoms with Crippen molar-refractivity contribution in [2.45, 2.75) is 24.9 Å². The summed E-state index contributed by atoms with van der Waals surface area (Å²) in [6.07, 6.45) is -0.416. The zero-order valence-corrected chi connectivity index (χ0v) is 13.0. The van der Waals surface area contributed by atoms with Gasteiger partial charge in [-0.1, -0.05) is 6.07 Å². The number of H-pyrrole nitrogens is 1. The molecule has 0 aromatic carbocycles. The van der Waals surface area contributed by atoms with Gasteiger partial charge in [-0.25, -0.2) is 4.98 Å². The second kappa shape index (κ2) is 5.92. The summed E-state index contributed by atoms with van der Waals surface area (Å²) in [5.74, 6) is 0.318. The van der Waals surface area contributed by atoms with Gasteiger partial charge in [0.05, 0.1) is 12.7 Å². The first kappa shape index (κ1) is 15.7. The minimum absolute atomic E-state index is 0.0523. The Morgan fingerprint density at radius 2 is 2.24 bits per heavy atom. The molecule has 10 nitrogen and oxygen atoms in total. The smallest absolute Gasteiger partial charge is 0.280 e. The molecule has 0 saturated carbocycles. The van der Waals surface area contributed by atoms with Gasteiger partial charge in [-0.15, -0.1) is 0 Å². The molecule has 0 bridgehead atoms. The number of aliphatic hydroxyl groups is 2. The SMILES string of the molecule is Nc1nc2c(nc(-c3ccccn3)n2[C@H]2C[C@H](O)[C@@H](CO)O2)c(=O)[nH]1. The number of imidazole rings is 1. The molecule has 0 amide bonds. The van der Waals surface area contributed by atoms with Crippen molar-refractivity contribution < 1.29 is 14.9 Å². The molecule has 1 fully saturated rings. The molecule has 1 aliphatic heterocycles. The van der Waals surface area contributed by atoms with Gasteiger partial charge < -0.3 is 20.7 Å². The van der Waals surface area contributed by atoms with Crippen LogP contribution in [0.3, 0.4) is 0 Å². The summed E-state index contributed by atoms with van der Waals surface area (Å²) < 4.78 is 7.30. The first-order valence-corrected chi connectivity index (χ1v) is 7.72. The van der Waals surface area contributed by atoms with E-state index in [2.05, 4.69) is 19.9 Å². The van der Waals surface area contributed by atoms with Crippen LogP contribution in [0.25, 0.3) is 22.7 Å². The van der Waals surface area contributed by atoms with Gasteiger partial charge in [0.2, 0.25) is 5.95 Å². The Labute approximate surface area is 140 Å². The zero-order chi connectivity index (χ0) is 17.6. The van der Waals surface area contributed by atoms with Crippen molar-refractivity contribution in [2.24, 2.45) is 0 Å². The molecule has 1 aliphatic rings. The fourth-order valence-corrected chi connectivity index (χ4v) is 2.99. The van der Waals surface area contributed by atoms with Crippen molar-refractivity contribution in [2.75, 3.05) is 12.3 Å². The number of nitrogens with two attached hydrogens (primary N) is 1. The highest BCUT2D eigenvalue weighted by Gasteiger charge is 2.37. The molecule has 3 aromatic rings. The lowest BCUT2D eigenvalue weighted by atomic mass is 10.2. The van der Waals surface area contributed by atoms with E-state index in [1.165, 1.54) is 0 Å². The Bertz CT molecular complexity index is 969. The van der Waals surface area contributed by atoms with Crippen LogP contribution in [0, 0.1) is 0 Å². The average Bonchev–Trinajstić information content (AvgIpc) is 3.16. The van der Waals surface area contributed by atoms with E-state index in [0.29, 0.717) is 11.5 Å². The molecule has 0 radical (unpaired) electrons. The van der Waals surface area contributed by atoms with Crippen LogP contribution in [0.4, 0.5) is 5.95 Å². The summed E-state index contributed by atoms with van der Waals surface area (Å²) >= 11 is 0. The van der Waals surface area contributed by atoms with Gasteiger partial charge in [-0.05, 0) is 12.1 Å². The summed E-state index contributed by atoms with van der Waals surface area (Å²) in [6.45, 7) is -0.320. The summed E-state index contributed by atoms with van der Waals surface area (Å²) in [7, 11) is 0. The van der Waals surface area contributed by atoms with Crippen molar-refractivity contribution in [1.82, 2.24) is 24.5 Å². The third-order valence-corrected chi connectivity index (χ3v) is 4.13. The van der Waals surface area contributed by atoms with Crippen LogP contribution in [-0.2, 0) is 4.74 Å². The van der Waals surface area contributed by atoms with Crippen molar-refractivity contribution >= 4 is 17.1 Å². The first-order valence-electron chi connectivity index (χ1n) is 7.72. The van der Waals surface area contributed by atoms with E-state index >= 15 is 0 Å². The minimum Gasteiger partial charge on any atom is -0.394 e. The molecule has 0 spiro atoms. The Morgan fingerprint density at radius 3 is 2.92 bits per heavy atom. The third kappa shape index (κ3) is 2.56. The summed E-state index contributed by atoms with van der Waals surface area (Å²) in [6, 6.07) is 5.29. The number of pyridine rings is 1. The molecule has 130 valence electrons. The highest BCUT2D eigenvalue weighted by Crippen LogP contribution is 2.34. The quantitative estimate of drug-likeness (QED) is 0.492. The fourth-order valence-electron chi connectivity index (χ4n) is 2.99. The molecular formula is C15H16N6O4. The van der Waals surface area contributed by atoms with Gasteiger partial charge in [0, 0.05) is 12.6 Å². The van der Waals surface area contributed by atoms with E-state index in [9.17, 15) is 15.0 Å². The Morgan fingerprint density at radius 1 is 1.40 bits per heavy atom. The normalized spacial score (nSPS) is 23.4. The van der Waals surface area contributed by atoms with Gasteiger partial charge in [0.25, 0.3) is 5.56 Å². The van der Waals surface area contributed by atoms with E-state index < -0.39 is 24.0 Å². The number of aliphatic hydroxyl groups excluding tert-OH is 2. The van der Waals surface area contributed by atoms with Gasteiger partial charge in [0.15, 0.2) is 17.0 Å². The third-order valence-electron chi connectivity index (χ3n) is 4.13. The number of aromatic nitrogens is 5. The molecule has 0 unspecified atom stereocenters. The van der Waals surface area contributed by atoms with E-state index in [4.69, 9.17) is 10.5 Å². The van der Waals surface area contributed by atoms with Crippen molar-refractivity contribution in [3.05, 3.63) is 34.7 Å². The van der Waals surface area contributed by atoms with Crippen LogP contribution in [0.1, 0.15) is 12.6 Å². The maximum atomic E-state index is 12.2. The molecule has 4 heterocycles. The van der Waals surface area contributed by atoms with Crippen LogP contribution in [0.5, 0.6) is 0 Å². The number of rotatable bonds is 3. The lowest BCUT2D eigenvalue weighted by Gasteiger charge is -2.16. The molecule has 1 saturated heterocycles. The standard InChI is InChI=1S/C15H16N6O4/c16-15-19-13-11(14(24)20-15)18-12(7-3-1-2-4-17-7)21(13)10-5-8(23)9(6-22)25-10/h1-4,8-10,22-23H,5-6H2,(H3,16,19,20,24)/t8-,9+,10+/m0/s1. The number of nitrogens with zero attached hydrogens (tertiary/aromatic N) is 4. The molecule has 4 rings (SSSR count). The minimum atomic E-state index is -0.844. The van der Waals surface area contributed by atoms with E-state index in [1.807, 2.05) is 0 Å². The summed E-state index contributed by atoms with van der Waals surface area (Å²) in [4.78, 5) is 27.4. The second-order valence-corrected chi connectivity index (χ2v) is 5.76. The fraction of sp³-hybridized carbons (Fsp3) is 0.333. The molecule has 25 heavy (non-hydrogen) atoms. The first-order chi connectivity index (χ1) is 12.1. The van der Waals surface area contributed by atoms with Gasteiger partial charge in [-0.2, -0.15) is 4.98 Å². The number of fused-ring (bicyclic) bond motifs is 1. The number of ether oxygens (including phenoxy) is 1. The number of anilines is 1. The van der Waals surface area contributed by atoms with Crippen molar-refractivity contribution in [3.63, 3.8) is 0 Å². The highest BCUT2D eigenvalue weighted by atomic mass is 16.5. The predicted octanol–water partition coefficient (Wildman–Crippen LogP) is -0.596. The van der Waals surface area contributed by atoms with Crippen LogP contribution < -0.4 is 11.3 Å². The lowest BCUT2D eigenvalue weighted by molar-refractivity contribution is -0.0427. The maximum Gasteiger partial charge on any atom is 0.280 e. The number of nitrogens with one attached hydrogen (secondary N) is 1. The van der Waals surface area contributed by atoms with Crippen LogP contribution in [0.15, 0.2) is 29.2 Å². The Balaban J connectivity index is 1.96. The van der Waals surface area contributed by atoms with Crippen molar-refractivity contribution in [1.29, 1.82) is 0 Å². The Hall–Kier alpha value is -2.82. The number of hydrogen-bond donors (Lipinski definition) is 4. The van der Waals surface area contributed by atoms with Gasteiger partial charge in [0.1, 0.15) is 18.0 Å². The molecule has 10 heteroatoms. The Kier molecular flexibility index (Phi) is 3.71. The average molecular weight is 344 g/mol. The zero-order valence-electron chi connectivity index (χ0n) is 13.0. The van der Waals surface area contributed by atoms with Crippen LogP contribution >= 0.6 is 0 Å². The number of nitrogen functional groups attached to an aromatic ring is 1. The number of aromatic amines is 1. The second-order valence-electron chi connectivity index (χ2n) is 5.76. The lowest BCUT2D eigenvalue weighted by Crippen LogP contribution is -2.24. The molecule has 5 N–H and O–H groups in total. The maximum absolute atomic E-state index is 12.2. The largest absolute Gasteiger partial charge is 0.394 e. The van der Waals surface area contributed by atoms with Crippen LogP contribution in [0.2, 0.25) is 0 Å². The molecule has 0 aliphatic carbocycles. The van der Waals surface area contributed by atoms with Crippen LogP contribution in [-0.4, -0.2) is 53.5 Å². The summed E-state index contributed by atoms with van der Waals surface area (Å²) in [5.41, 5.74) is 6.04. The van der Waals surface area contributed by atoms with Crippen molar-refractivity contribution in [3.8, 4) is 11.5 Å². The number of hydrogen-bond acceptors (Lipinski definition) is 8. The highest BCUT2D eigenvalue weighted by molar-refractivity contribution is 5.76. The van der Waals surface area contributed by atoms with Gasteiger partial charge >= 0.3 is 0 Å². The topological polar surface area (TPSA) is 152 Å². The monoisotopic (exact) mass is 344 g/mol. The molecule has 3 atom stereocenters. The molecular weight excluding hydrogens is 328 g/mol. The van der Waals surface area contributed by atoms with E-state index in [-0.39, 0.29) is 30.1 Å². The van der Waals surface area contributed by atoms with E-state index in [0.717, 1.165) is 0 Å². The summed E-state index contributed by atoms with van der Waals surface area (Å²) in [5, 5.41) is 19.4.